The van der Waals surface area contributed by atoms with E-state index in [1.807, 2.05) is 0 Å². The Morgan fingerprint density at radius 3 is 2.62 bits per heavy atom. The van der Waals surface area contributed by atoms with Gasteiger partial charge in [0.1, 0.15) is 11.6 Å². The van der Waals surface area contributed by atoms with Gasteiger partial charge in [-0.2, -0.15) is 0 Å². The fraction of sp³-hybridized carbons (Fsp3) is 0.0769. The lowest BCUT2D eigenvalue weighted by atomic mass is 10.2. The van der Waals surface area contributed by atoms with Crippen molar-refractivity contribution >= 4 is 21.8 Å². The van der Waals surface area contributed by atoms with Crippen molar-refractivity contribution in [2.75, 3.05) is 4.72 Å². The van der Waals surface area contributed by atoms with Crippen LogP contribution in [0.1, 0.15) is 16.1 Å². The van der Waals surface area contributed by atoms with E-state index >= 15 is 0 Å². The van der Waals surface area contributed by atoms with Gasteiger partial charge < -0.3 is 5.11 Å². The molecule has 0 unspecified atom stereocenters. The molecule has 0 aliphatic carbocycles. The van der Waals surface area contributed by atoms with E-state index in [2.05, 4.69) is 9.71 Å². The zero-order valence-corrected chi connectivity index (χ0v) is 11.7. The summed E-state index contributed by atoms with van der Waals surface area (Å²) in [5.74, 6) is -1.94. The molecule has 21 heavy (non-hydrogen) atoms. The van der Waals surface area contributed by atoms with Crippen LogP contribution in [0.15, 0.2) is 41.3 Å². The Kier molecular flexibility index (Phi) is 3.90. The predicted molar refractivity (Wildman–Crippen MR) is 73.1 cm³/mol. The maximum absolute atomic E-state index is 13.0. The van der Waals surface area contributed by atoms with E-state index < -0.39 is 21.8 Å². The van der Waals surface area contributed by atoms with E-state index in [-0.39, 0.29) is 22.0 Å². The zero-order valence-electron chi connectivity index (χ0n) is 10.9. The molecule has 2 rings (SSSR count). The molecule has 0 atom stereocenters. The van der Waals surface area contributed by atoms with Crippen molar-refractivity contribution in [2.45, 2.75) is 11.8 Å². The fourth-order valence-corrected chi connectivity index (χ4v) is 2.95. The Hall–Kier alpha value is -2.48. The van der Waals surface area contributed by atoms with Crippen LogP contribution in [0.4, 0.5) is 10.2 Å². The molecule has 0 bridgehead atoms. The minimum Gasteiger partial charge on any atom is -0.477 e. The van der Waals surface area contributed by atoms with Gasteiger partial charge >= 0.3 is 5.97 Å². The Balaban J connectivity index is 2.37. The van der Waals surface area contributed by atoms with Crippen LogP contribution in [0.2, 0.25) is 0 Å². The van der Waals surface area contributed by atoms with Gasteiger partial charge in [0.2, 0.25) is 0 Å². The average Bonchev–Trinajstić information content (AvgIpc) is 2.37. The van der Waals surface area contributed by atoms with E-state index in [1.54, 1.807) is 0 Å². The maximum atomic E-state index is 13.0. The first-order chi connectivity index (χ1) is 9.79. The minimum absolute atomic E-state index is 0.105. The summed E-state index contributed by atoms with van der Waals surface area (Å²) in [5.41, 5.74) is -0.0529. The van der Waals surface area contributed by atoms with Gasteiger partial charge in [0.05, 0.1) is 4.90 Å². The molecule has 0 aliphatic rings. The summed E-state index contributed by atoms with van der Waals surface area (Å²) in [6, 6.07) is 7.18. The first-order valence-corrected chi connectivity index (χ1v) is 7.27. The number of benzene rings is 1. The monoisotopic (exact) mass is 310 g/mol. The second kappa shape index (κ2) is 5.49. The Labute approximate surface area is 120 Å². The molecule has 2 aromatic rings. The quantitative estimate of drug-likeness (QED) is 0.900. The first-order valence-electron chi connectivity index (χ1n) is 5.79. The summed E-state index contributed by atoms with van der Waals surface area (Å²) in [6.07, 6.45) is 0. The highest BCUT2D eigenvalue weighted by molar-refractivity contribution is 7.92. The molecule has 6 nitrogen and oxygen atoms in total. The number of carboxylic acids is 1. The summed E-state index contributed by atoms with van der Waals surface area (Å²) < 4.78 is 39.6. The van der Waals surface area contributed by atoms with Crippen LogP contribution in [0, 0.1) is 12.7 Å². The van der Waals surface area contributed by atoms with Crippen molar-refractivity contribution in [3.05, 3.63) is 53.5 Å². The number of nitrogens with one attached hydrogen (secondary N) is 1. The van der Waals surface area contributed by atoms with Gasteiger partial charge in [-0.05, 0) is 42.8 Å². The van der Waals surface area contributed by atoms with E-state index in [4.69, 9.17) is 5.11 Å². The van der Waals surface area contributed by atoms with Crippen molar-refractivity contribution < 1.29 is 22.7 Å². The number of pyridine rings is 1. The standard InChI is InChI=1S/C13H11FN2O4S/c1-8-7-9(14)5-6-11(8)21(19,20)16-12-4-2-3-10(15-12)13(17)18/h2-7H,1H3,(H,15,16)(H,17,18). The SMILES string of the molecule is Cc1cc(F)ccc1S(=O)(=O)Nc1cccc(C(=O)O)n1. The molecular weight excluding hydrogens is 299 g/mol. The second-order valence-corrected chi connectivity index (χ2v) is 5.88. The van der Waals surface area contributed by atoms with Gasteiger partial charge in [-0.25, -0.2) is 22.6 Å². The second-order valence-electron chi connectivity index (χ2n) is 4.23. The maximum Gasteiger partial charge on any atom is 0.354 e. The summed E-state index contributed by atoms with van der Waals surface area (Å²) in [5, 5.41) is 8.82. The summed E-state index contributed by atoms with van der Waals surface area (Å²) in [7, 11) is -3.98. The molecule has 8 heteroatoms. The lowest BCUT2D eigenvalue weighted by molar-refractivity contribution is 0.0690. The van der Waals surface area contributed by atoms with Gasteiger partial charge in [0.25, 0.3) is 10.0 Å². The van der Waals surface area contributed by atoms with Crippen molar-refractivity contribution in [3.8, 4) is 0 Å². The molecule has 1 aromatic carbocycles. The summed E-state index contributed by atoms with van der Waals surface area (Å²) in [6.45, 7) is 1.46. The van der Waals surface area contributed by atoms with Crippen LogP contribution in [-0.4, -0.2) is 24.5 Å². The molecule has 2 N–H and O–H groups in total. The smallest absolute Gasteiger partial charge is 0.354 e. The molecule has 1 heterocycles. The summed E-state index contributed by atoms with van der Waals surface area (Å²) in [4.78, 5) is 14.4. The van der Waals surface area contributed by atoms with Crippen LogP contribution in [0.3, 0.4) is 0 Å². The number of anilines is 1. The molecule has 110 valence electrons. The number of sulfonamides is 1. The number of aromatic carboxylic acids is 1. The van der Waals surface area contributed by atoms with Crippen molar-refractivity contribution in [1.82, 2.24) is 4.98 Å². The van der Waals surface area contributed by atoms with E-state index in [1.165, 1.54) is 25.1 Å². The zero-order chi connectivity index (χ0) is 15.6. The van der Waals surface area contributed by atoms with Crippen LogP contribution in [0.25, 0.3) is 0 Å². The summed E-state index contributed by atoms with van der Waals surface area (Å²) >= 11 is 0. The number of rotatable bonds is 4. The van der Waals surface area contributed by atoms with Crippen LogP contribution >= 0.6 is 0 Å². The van der Waals surface area contributed by atoms with E-state index in [9.17, 15) is 17.6 Å². The average molecular weight is 310 g/mol. The van der Waals surface area contributed by atoms with Crippen LogP contribution < -0.4 is 4.72 Å². The molecular formula is C13H11FN2O4S. The Morgan fingerprint density at radius 1 is 1.29 bits per heavy atom. The van der Waals surface area contributed by atoms with E-state index in [0.717, 1.165) is 18.2 Å². The molecule has 0 fully saturated rings. The van der Waals surface area contributed by atoms with Crippen LogP contribution in [0.5, 0.6) is 0 Å². The van der Waals surface area contributed by atoms with Crippen molar-refractivity contribution in [2.24, 2.45) is 0 Å². The number of carbonyl (C=O) groups is 1. The van der Waals surface area contributed by atoms with Crippen LogP contribution in [-0.2, 0) is 10.0 Å². The molecule has 1 aromatic heterocycles. The normalized spacial score (nSPS) is 11.1. The highest BCUT2D eigenvalue weighted by Crippen LogP contribution is 2.19. The van der Waals surface area contributed by atoms with Crippen molar-refractivity contribution in [3.63, 3.8) is 0 Å². The Bertz CT molecular complexity index is 806. The Morgan fingerprint density at radius 2 is 2.00 bits per heavy atom. The minimum atomic E-state index is -3.98. The highest BCUT2D eigenvalue weighted by atomic mass is 32.2. The number of carboxylic acid groups (broad SMARTS) is 1. The van der Waals surface area contributed by atoms with Gasteiger partial charge in [-0.3, -0.25) is 4.72 Å². The topological polar surface area (TPSA) is 96.4 Å². The number of nitrogens with zero attached hydrogens (tertiary/aromatic N) is 1. The molecule has 0 saturated heterocycles. The molecule has 0 amide bonds. The number of hydrogen-bond donors (Lipinski definition) is 2. The predicted octanol–water partition coefficient (Wildman–Crippen LogP) is 2.03. The highest BCUT2D eigenvalue weighted by Gasteiger charge is 2.18. The number of aryl methyl sites for hydroxylation is 1. The molecule has 0 aliphatic heterocycles. The first kappa shape index (κ1) is 14.9. The number of halogens is 1. The van der Waals surface area contributed by atoms with Gasteiger partial charge in [-0.15, -0.1) is 0 Å². The number of hydrogen-bond acceptors (Lipinski definition) is 4. The van der Waals surface area contributed by atoms with Gasteiger partial charge in [-0.1, -0.05) is 6.07 Å². The third-order valence-electron chi connectivity index (χ3n) is 2.63. The van der Waals surface area contributed by atoms with Crippen molar-refractivity contribution in [1.29, 1.82) is 0 Å². The lowest BCUT2D eigenvalue weighted by Crippen LogP contribution is -2.16. The molecule has 0 spiro atoms. The largest absolute Gasteiger partial charge is 0.477 e. The fourth-order valence-electron chi connectivity index (χ4n) is 1.72. The van der Waals surface area contributed by atoms with E-state index in [0.29, 0.717) is 0 Å². The molecule has 0 saturated carbocycles. The molecule has 0 radical (unpaired) electrons. The third-order valence-corrected chi connectivity index (χ3v) is 4.15. The third kappa shape index (κ3) is 3.34. The number of aromatic nitrogens is 1. The van der Waals surface area contributed by atoms with Gasteiger partial charge in [0, 0.05) is 0 Å². The van der Waals surface area contributed by atoms with Gasteiger partial charge in [0.15, 0.2) is 5.69 Å². The lowest BCUT2D eigenvalue weighted by Gasteiger charge is -2.10.